The van der Waals surface area contributed by atoms with Gasteiger partial charge >= 0.3 is 0 Å². The van der Waals surface area contributed by atoms with E-state index in [0.717, 1.165) is 41.9 Å². The topological polar surface area (TPSA) is 57.1 Å². The Bertz CT molecular complexity index is 618. The lowest BCUT2D eigenvalue weighted by atomic mass is 10.0. The van der Waals surface area contributed by atoms with Crippen LogP contribution in [0.4, 0.5) is 0 Å². The fraction of sp³-hybridized carbons (Fsp3) is 0.632. The summed E-state index contributed by atoms with van der Waals surface area (Å²) in [4.78, 5) is 2.65. The Labute approximate surface area is 144 Å². The first-order valence-electron chi connectivity index (χ1n) is 9.28. The van der Waals surface area contributed by atoms with E-state index in [-0.39, 0.29) is 0 Å². The highest BCUT2D eigenvalue weighted by atomic mass is 16.3. The maximum absolute atomic E-state index is 5.69. The average molecular weight is 330 g/mol. The minimum absolute atomic E-state index is 0.775. The van der Waals surface area contributed by atoms with Crippen LogP contribution in [0, 0.1) is 6.92 Å². The van der Waals surface area contributed by atoms with Crippen LogP contribution in [0.2, 0.25) is 0 Å². The molecule has 1 unspecified atom stereocenters. The van der Waals surface area contributed by atoms with Crippen molar-refractivity contribution in [1.29, 1.82) is 0 Å². The molecule has 132 valence electrons. The van der Waals surface area contributed by atoms with Gasteiger partial charge in [-0.3, -0.25) is 5.10 Å². The van der Waals surface area contributed by atoms with Crippen LogP contribution in [0.15, 0.2) is 22.7 Å². The van der Waals surface area contributed by atoms with Gasteiger partial charge in [0.15, 0.2) is 5.76 Å². The zero-order valence-corrected chi connectivity index (χ0v) is 15.0. The van der Waals surface area contributed by atoms with Crippen molar-refractivity contribution in [2.75, 3.05) is 19.6 Å². The predicted octanol–water partition coefficient (Wildman–Crippen LogP) is 3.72. The second-order valence-electron chi connectivity index (χ2n) is 6.95. The molecule has 1 atom stereocenters. The highest BCUT2D eigenvalue weighted by Gasteiger charge is 2.17. The number of H-pyrrole nitrogens is 1. The van der Waals surface area contributed by atoms with E-state index in [1.54, 1.807) is 0 Å². The zero-order valence-electron chi connectivity index (χ0n) is 15.0. The number of nitrogens with zero attached hydrogens (tertiary/aromatic N) is 2. The summed E-state index contributed by atoms with van der Waals surface area (Å²) in [6.45, 7) is 8.73. The van der Waals surface area contributed by atoms with Gasteiger partial charge in [-0.25, -0.2) is 0 Å². The molecule has 2 aromatic rings. The van der Waals surface area contributed by atoms with Gasteiger partial charge in [0, 0.05) is 18.2 Å². The number of nitrogens with one attached hydrogen (secondary N) is 2. The third kappa shape index (κ3) is 4.48. The van der Waals surface area contributed by atoms with Crippen molar-refractivity contribution in [3.63, 3.8) is 0 Å². The normalized spacial score (nSPS) is 19.0. The summed E-state index contributed by atoms with van der Waals surface area (Å²) in [6, 6.07) is 4.75. The van der Waals surface area contributed by atoms with Gasteiger partial charge in [0.25, 0.3) is 0 Å². The zero-order chi connectivity index (χ0) is 16.8. The van der Waals surface area contributed by atoms with Gasteiger partial charge in [0.2, 0.25) is 0 Å². The van der Waals surface area contributed by atoms with Crippen molar-refractivity contribution >= 4 is 0 Å². The predicted molar refractivity (Wildman–Crippen MR) is 96.9 cm³/mol. The number of aromatic amines is 1. The Morgan fingerprint density at radius 3 is 3.04 bits per heavy atom. The first-order chi connectivity index (χ1) is 11.7. The molecule has 1 aliphatic rings. The van der Waals surface area contributed by atoms with E-state index >= 15 is 0 Å². The molecule has 0 amide bonds. The molecule has 3 heterocycles. The van der Waals surface area contributed by atoms with Gasteiger partial charge in [0.1, 0.15) is 11.5 Å². The monoisotopic (exact) mass is 330 g/mol. The van der Waals surface area contributed by atoms with E-state index in [1.807, 2.05) is 25.3 Å². The molecule has 1 aliphatic heterocycles. The van der Waals surface area contributed by atoms with Crippen LogP contribution in [0.1, 0.15) is 50.4 Å². The van der Waals surface area contributed by atoms with Crippen molar-refractivity contribution in [1.82, 2.24) is 20.4 Å². The molecule has 0 aliphatic carbocycles. The second-order valence-corrected chi connectivity index (χ2v) is 6.95. The van der Waals surface area contributed by atoms with E-state index < -0.39 is 0 Å². The largest absolute Gasteiger partial charge is 0.460 e. The molecular formula is C19H30N4O. The summed E-state index contributed by atoms with van der Waals surface area (Å²) in [6.07, 6.45) is 8.52. The Balaban J connectivity index is 1.36. The van der Waals surface area contributed by atoms with Gasteiger partial charge in [-0.05, 0) is 71.3 Å². The molecular weight excluding hydrogens is 300 g/mol. The van der Waals surface area contributed by atoms with E-state index in [9.17, 15) is 0 Å². The number of furan rings is 1. The van der Waals surface area contributed by atoms with Crippen LogP contribution in [0.3, 0.4) is 0 Å². The summed E-state index contributed by atoms with van der Waals surface area (Å²) in [5, 5.41) is 10.7. The standard InChI is InChI=1S/C19H30N4O/c1-15-7-3-5-11-23(15)12-6-4-10-20-13-17-14-21-22-19(17)18-9-8-16(2)24-18/h8-9,14-15,20H,3-7,10-13H2,1-2H3,(H,21,22). The highest BCUT2D eigenvalue weighted by Crippen LogP contribution is 2.23. The number of unbranched alkanes of at least 4 members (excludes halogenated alkanes) is 1. The average Bonchev–Trinajstić information content (AvgIpc) is 3.21. The Morgan fingerprint density at radius 1 is 1.33 bits per heavy atom. The van der Waals surface area contributed by atoms with E-state index in [1.165, 1.54) is 45.2 Å². The fourth-order valence-electron chi connectivity index (χ4n) is 3.51. The molecule has 2 N–H and O–H groups in total. The van der Waals surface area contributed by atoms with Crippen LogP contribution in [0.25, 0.3) is 11.5 Å². The SMILES string of the molecule is Cc1ccc(-c2[nH]ncc2CNCCCCN2CCCCC2C)o1. The molecule has 5 heteroatoms. The van der Waals surface area contributed by atoms with Crippen molar-refractivity contribution in [2.45, 2.75) is 58.5 Å². The smallest absolute Gasteiger partial charge is 0.152 e. The summed E-state index contributed by atoms with van der Waals surface area (Å²) in [5.41, 5.74) is 2.15. The first kappa shape index (κ1) is 17.2. The summed E-state index contributed by atoms with van der Waals surface area (Å²) < 4.78 is 5.69. The van der Waals surface area contributed by atoms with E-state index in [0.29, 0.717) is 0 Å². The van der Waals surface area contributed by atoms with Gasteiger partial charge in [0.05, 0.1) is 6.20 Å². The van der Waals surface area contributed by atoms with Crippen molar-refractivity contribution in [3.8, 4) is 11.5 Å². The minimum Gasteiger partial charge on any atom is -0.460 e. The molecule has 1 fully saturated rings. The molecule has 24 heavy (non-hydrogen) atoms. The number of hydrogen-bond donors (Lipinski definition) is 2. The number of piperidine rings is 1. The van der Waals surface area contributed by atoms with Crippen LogP contribution in [0.5, 0.6) is 0 Å². The van der Waals surface area contributed by atoms with Crippen LogP contribution >= 0.6 is 0 Å². The van der Waals surface area contributed by atoms with Gasteiger partial charge in [-0.1, -0.05) is 6.42 Å². The molecule has 0 bridgehead atoms. The Hall–Kier alpha value is -1.59. The van der Waals surface area contributed by atoms with Crippen LogP contribution in [-0.4, -0.2) is 40.8 Å². The molecule has 0 aromatic carbocycles. The van der Waals surface area contributed by atoms with Gasteiger partial charge in [-0.15, -0.1) is 0 Å². The first-order valence-corrected chi connectivity index (χ1v) is 9.28. The van der Waals surface area contributed by atoms with E-state index in [2.05, 4.69) is 27.3 Å². The lowest BCUT2D eigenvalue weighted by molar-refractivity contribution is 0.158. The van der Waals surface area contributed by atoms with E-state index in [4.69, 9.17) is 4.42 Å². The van der Waals surface area contributed by atoms with Crippen molar-refractivity contribution < 1.29 is 4.42 Å². The number of hydrogen-bond acceptors (Lipinski definition) is 4. The molecule has 3 rings (SSSR count). The lowest BCUT2D eigenvalue weighted by Crippen LogP contribution is -2.38. The van der Waals surface area contributed by atoms with Gasteiger partial charge < -0.3 is 14.6 Å². The second kappa shape index (κ2) is 8.49. The Kier molecular flexibility index (Phi) is 6.10. The number of likely N-dealkylation sites (tertiary alicyclic amines) is 1. The third-order valence-electron chi connectivity index (χ3n) is 5.01. The summed E-state index contributed by atoms with van der Waals surface area (Å²) in [7, 11) is 0. The maximum Gasteiger partial charge on any atom is 0.152 e. The maximum atomic E-state index is 5.69. The molecule has 0 radical (unpaired) electrons. The molecule has 0 saturated carbocycles. The minimum atomic E-state index is 0.775. The van der Waals surface area contributed by atoms with Crippen molar-refractivity contribution in [2.24, 2.45) is 0 Å². The molecule has 1 saturated heterocycles. The van der Waals surface area contributed by atoms with Crippen LogP contribution < -0.4 is 5.32 Å². The van der Waals surface area contributed by atoms with Crippen molar-refractivity contribution in [3.05, 3.63) is 29.7 Å². The van der Waals surface area contributed by atoms with Gasteiger partial charge in [-0.2, -0.15) is 5.10 Å². The molecule has 2 aromatic heterocycles. The molecule has 5 nitrogen and oxygen atoms in total. The number of rotatable bonds is 8. The fourth-order valence-corrected chi connectivity index (χ4v) is 3.51. The Morgan fingerprint density at radius 2 is 2.25 bits per heavy atom. The molecule has 0 spiro atoms. The number of aromatic nitrogens is 2. The summed E-state index contributed by atoms with van der Waals surface area (Å²) in [5.74, 6) is 1.78. The third-order valence-corrected chi connectivity index (χ3v) is 5.01. The summed E-state index contributed by atoms with van der Waals surface area (Å²) >= 11 is 0. The quantitative estimate of drug-likeness (QED) is 0.724. The lowest BCUT2D eigenvalue weighted by Gasteiger charge is -2.33. The highest BCUT2D eigenvalue weighted by molar-refractivity contribution is 5.56. The van der Waals surface area contributed by atoms with Crippen LogP contribution in [-0.2, 0) is 6.54 Å². The number of aryl methyl sites for hydroxylation is 1.